The first-order valence-electron chi connectivity index (χ1n) is 5.21. The molecule has 0 aliphatic heterocycles. The van der Waals surface area contributed by atoms with Crippen molar-refractivity contribution in [1.82, 2.24) is 0 Å². The van der Waals surface area contributed by atoms with Gasteiger partial charge < -0.3 is 9.84 Å². The number of para-hydroxylation sites is 1. The first-order valence-corrected chi connectivity index (χ1v) is 5.21. The molecule has 0 amide bonds. The number of ether oxygens (including phenoxy) is 1. The van der Waals surface area contributed by atoms with Crippen LogP contribution in [0.2, 0.25) is 0 Å². The van der Waals surface area contributed by atoms with E-state index >= 15 is 0 Å². The van der Waals surface area contributed by atoms with Crippen LogP contribution in [-0.4, -0.2) is 18.3 Å². The lowest BCUT2D eigenvalue weighted by atomic mass is 10.1. The fourth-order valence-corrected chi connectivity index (χ4v) is 1.32. The van der Waals surface area contributed by atoms with E-state index in [4.69, 9.17) is 15.1 Å². The topological polar surface area (TPSA) is 53.2 Å². The zero-order valence-electron chi connectivity index (χ0n) is 9.31. The maximum atomic E-state index is 9.09. The zero-order chi connectivity index (χ0) is 11.8. The SMILES string of the molecule is CCC(=Cc1ccccc1OCC#N)CO. The number of nitrogens with zero attached hydrogens (tertiary/aromatic N) is 1. The van der Waals surface area contributed by atoms with Crippen LogP contribution < -0.4 is 4.74 Å². The van der Waals surface area contributed by atoms with Crippen LogP contribution >= 0.6 is 0 Å². The first-order chi connectivity index (χ1) is 7.81. The molecule has 3 heteroatoms. The Labute approximate surface area is 95.6 Å². The van der Waals surface area contributed by atoms with Crippen LogP contribution in [0.25, 0.3) is 6.08 Å². The van der Waals surface area contributed by atoms with E-state index in [1.54, 1.807) is 0 Å². The Morgan fingerprint density at radius 1 is 1.50 bits per heavy atom. The van der Waals surface area contributed by atoms with Crippen molar-refractivity contribution in [3.8, 4) is 11.8 Å². The van der Waals surface area contributed by atoms with Crippen molar-refractivity contribution >= 4 is 6.08 Å². The summed E-state index contributed by atoms with van der Waals surface area (Å²) in [6, 6.07) is 9.40. The molecule has 3 nitrogen and oxygen atoms in total. The van der Waals surface area contributed by atoms with Crippen molar-refractivity contribution in [2.45, 2.75) is 13.3 Å². The summed E-state index contributed by atoms with van der Waals surface area (Å²) in [6.07, 6.45) is 2.69. The maximum absolute atomic E-state index is 9.09. The highest BCUT2D eigenvalue weighted by Crippen LogP contribution is 2.21. The Morgan fingerprint density at radius 2 is 2.25 bits per heavy atom. The van der Waals surface area contributed by atoms with Crippen LogP contribution in [0.5, 0.6) is 5.75 Å². The van der Waals surface area contributed by atoms with Gasteiger partial charge in [0.1, 0.15) is 11.8 Å². The smallest absolute Gasteiger partial charge is 0.174 e. The van der Waals surface area contributed by atoms with E-state index in [2.05, 4.69) is 0 Å². The van der Waals surface area contributed by atoms with Gasteiger partial charge in [0, 0.05) is 5.56 Å². The predicted molar refractivity (Wildman–Crippen MR) is 62.9 cm³/mol. The van der Waals surface area contributed by atoms with Crippen molar-refractivity contribution in [2.24, 2.45) is 0 Å². The Balaban J connectivity index is 2.94. The molecule has 0 aromatic heterocycles. The third kappa shape index (κ3) is 3.41. The van der Waals surface area contributed by atoms with Crippen LogP contribution in [0.1, 0.15) is 18.9 Å². The summed E-state index contributed by atoms with van der Waals surface area (Å²) < 4.78 is 5.29. The quantitative estimate of drug-likeness (QED) is 0.823. The Bertz CT molecular complexity index is 399. The fourth-order valence-electron chi connectivity index (χ4n) is 1.32. The van der Waals surface area contributed by atoms with Gasteiger partial charge in [0.2, 0.25) is 0 Å². The summed E-state index contributed by atoms with van der Waals surface area (Å²) in [4.78, 5) is 0. The van der Waals surface area contributed by atoms with E-state index in [0.717, 1.165) is 17.6 Å². The number of aliphatic hydroxyl groups excluding tert-OH is 1. The number of benzene rings is 1. The van der Waals surface area contributed by atoms with Gasteiger partial charge in [0.15, 0.2) is 6.61 Å². The van der Waals surface area contributed by atoms with E-state index in [9.17, 15) is 0 Å². The summed E-state index contributed by atoms with van der Waals surface area (Å²) >= 11 is 0. The zero-order valence-corrected chi connectivity index (χ0v) is 9.31. The van der Waals surface area contributed by atoms with E-state index in [1.165, 1.54) is 0 Å². The molecule has 0 radical (unpaired) electrons. The third-order valence-corrected chi connectivity index (χ3v) is 2.23. The molecule has 0 unspecified atom stereocenters. The standard InChI is InChI=1S/C13H15NO2/c1-2-11(10-15)9-12-5-3-4-6-13(12)16-8-7-14/h3-6,9,15H,2,8,10H2,1H3. The van der Waals surface area contributed by atoms with Crippen LogP contribution in [-0.2, 0) is 0 Å². The molecule has 0 bridgehead atoms. The molecule has 0 aliphatic carbocycles. The molecular weight excluding hydrogens is 202 g/mol. The molecule has 0 spiro atoms. The molecule has 1 N–H and O–H groups in total. The van der Waals surface area contributed by atoms with Gasteiger partial charge in [-0.2, -0.15) is 5.26 Å². The number of hydrogen-bond donors (Lipinski definition) is 1. The van der Waals surface area contributed by atoms with Crippen LogP contribution in [0, 0.1) is 11.3 Å². The molecule has 16 heavy (non-hydrogen) atoms. The average molecular weight is 217 g/mol. The Morgan fingerprint density at radius 3 is 2.88 bits per heavy atom. The summed E-state index contributed by atoms with van der Waals surface area (Å²) in [7, 11) is 0. The van der Waals surface area contributed by atoms with E-state index < -0.39 is 0 Å². The van der Waals surface area contributed by atoms with E-state index in [-0.39, 0.29) is 13.2 Å². The highest BCUT2D eigenvalue weighted by molar-refractivity contribution is 5.59. The van der Waals surface area contributed by atoms with E-state index in [0.29, 0.717) is 5.75 Å². The van der Waals surface area contributed by atoms with Gasteiger partial charge in [-0.1, -0.05) is 25.1 Å². The lowest BCUT2D eigenvalue weighted by Crippen LogP contribution is -1.96. The van der Waals surface area contributed by atoms with Gasteiger partial charge in [-0.15, -0.1) is 0 Å². The van der Waals surface area contributed by atoms with Gasteiger partial charge >= 0.3 is 0 Å². The molecule has 0 heterocycles. The molecule has 0 saturated heterocycles. The normalized spacial score (nSPS) is 10.9. The summed E-state index contributed by atoms with van der Waals surface area (Å²) in [5, 5.41) is 17.6. The molecule has 1 aromatic rings. The highest BCUT2D eigenvalue weighted by Gasteiger charge is 2.01. The number of rotatable bonds is 5. The van der Waals surface area contributed by atoms with Gasteiger partial charge in [-0.25, -0.2) is 0 Å². The van der Waals surface area contributed by atoms with Gasteiger partial charge in [0.05, 0.1) is 6.61 Å². The molecule has 0 aliphatic rings. The van der Waals surface area contributed by atoms with Crippen molar-refractivity contribution in [1.29, 1.82) is 5.26 Å². The molecule has 1 aromatic carbocycles. The van der Waals surface area contributed by atoms with Crippen LogP contribution in [0.3, 0.4) is 0 Å². The van der Waals surface area contributed by atoms with Crippen molar-refractivity contribution in [2.75, 3.05) is 13.2 Å². The lowest BCUT2D eigenvalue weighted by molar-refractivity contribution is 0.329. The number of hydrogen-bond acceptors (Lipinski definition) is 3. The molecule has 84 valence electrons. The van der Waals surface area contributed by atoms with Crippen molar-refractivity contribution in [3.05, 3.63) is 35.4 Å². The number of nitriles is 1. The minimum absolute atomic E-state index is 0.0332. The highest BCUT2D eigenvalue weighted by atomic mass is 16.5. The summed E-state index contributed by atoms with van der Waals surface area (Å²) in [5.41, 5.74) is 1.83. The number of aliphatic hydroxyl groups is 1. The van der Waals surface area contributed by atoms with E-state index in [1.807, 2.05) is 43.3 Å². The molecule has 1 rings (SSSR count). The second-order valence-electron chi connectivity index (χ2n) is 3.30. The molecular formula is C13H15NO2. The maximum Gasteiger partial charge on any atom is 0.174 e. The average Bonchev–Trinajstić information content (AvgIpc) is 2.34. The van der Waals surface area contributed by atoms with Crippen molar-refractivity contribution in [3.63, 3.8) is 0 Å². The second-order valence-corrected chi connectivity index (χ2v) is 3.30. The monoisotopic (exact) mass is 217 g/mol. The Hall–Kier alpha value is -1.79. The minimum atomic E-state index is 0.0332. The summed E-state index contributed by atoms with van der Waals surface area (Å²) in [6.45, 7) is 2.06. The minimum Gasteiger partial charge on any atom is -0.478 e. The van der Waals surface area contributed by atoms with Gasteiger partial charge in [-0.3, -0.25) is 0 Å². The van der Waals surface area contributed by atoms with Crippen LogP contribution in [0.4, 0.5) is 0 Å². The van der Waals surface area contributed by atoms with Gasteiger partial charge in [0.25, 0.3) is 0 Å². The molecule has 0 fully saturated rings. The first kappa shape index (κ1) is 12.3. The fraction of sp³-hybridized carbons (Fsp3) is 0.308. The van der Waals surface area contributed by atoms with Crippen LogP contribution in [0.15, 0.2) is 29.8 Å². The third-order valence-electron chi connectivity index (χ3n) is 2.23. The summed E-state index contributed by atoms with van der Waals surface area (Å²) in [5.74, 6) is 0.670. The predicted octanol–water partition coefficient (Wildman–Crippen LogP) is 2.37. The molecule has 0 saturated carbocycles. The largest absolute Gasteiger partial charge is 0.478 e. The lowest BCUT2D eigenvalue weighted by Gasteiger charge is -2.07. The molecule has 0 atom stereocenters. The van der Waals surface area contributed by atoms with Gasteiger partial charge in [-0.05, 0) is 24.1 Å². The second kappa shape index (κ2) is 6.65. The van der Waals surface area contributed by atoms with Crippen molar-refractivity contribution < 1.29 is 9.84 Å². The Kier molecular flexibility index (Phi) is 5.10.